The van der Waals surface area contributed by atoms with E-state index in [4.69, 9.17) is 4.74 Å². The van der Waals surface area contributed by atoms with Crippen LogP contribution in [0, 0.1) is 0 Å². The fourth-order valence-corrected chi connectivity index (χ4v) is 3.10. The van der Waals surface area contributed by atoms with Crippen LogP contribution >= 0.6 is 11.3 Å². The van der Waals surface area contributed by atoms with E-state index in [0.717, 1.165) is 21.5 Å². The van der Waals surface area contributed by atoms with E-state index in [0.29, 0.717) is 6.54 Å². The molecule has 4 rings (SSSR count). The summed E-state index contributed by atoms with van der Waals surface area (Å²) in [6, 6.07) is 7.80. The molecule has 0 unspecified atom stereocenters. The number of benzene rings is 1. The maximum atomic E-state index is 12.2. The Kier molecular flexibility index (Phi) is 3.12. The molecule has 0 N–H and O–H groups in total. The van der Waals surface area contributed by atoms with Gasteiger partial charge in [-0.05, 0) is 12.1 Å². The van der Waals surface area contributed by atoms with Crippen LogP contribution in [0.4, 0.5) is 4.79 Å². The van der Waals surface area contributed by atoms with E-state index >= 15 is 0 Å². The molecule has 0 saturated heterocycles. The number of rotatable bonds is 2. The normalized spacial score (nSPS) is 13.4. The van der Waals surface area contributed by atoms with Crippen molar-refractivity contribution in [1.82, 2.24) is 19.7 Å². The van der Waals surface area contributed by atoms with Crippen molar-refractivity contribution in [3.8, 4) is 0 Å². The van der Waals surface area contributed by atoms with Crippen LogP contribution in [-0.4, -0.2) is 25.8 Å². The number of ether oxygens (including phenoxy) is 1. The zero-order valence-electron chi connectivity index (χ0n) is 11.5. The fourth-order valence-electron chi connectivity index (χ4n) is 2.35. The van der Waals surface area contributed by atoms with Crippen molar-refractivity contribution in [2.75, 3.05) is 0 Å². The highest BCUT2D eigenvalue weighted by atomic mass is 32.1. The molecule has 0 aliphatic carbocycles. The molecular weight excluding hydrogens is 300 g/mol. The predicted octanol–water partition coefficient (Wildman–Crippen LogP) is 3.07. The molecule has 0 radical (unpaired) electrons. The van der Waals surface area contributed by atoms with Crippen molar-refractivity contribution >= 4 is 34.4 Å². The Morgan fingerprint density at radius 1 is 1.36 bits per heavy atom. The summed E-state index contributed by atoms with van der Waals surface area (Å²) in [5.41, 5.74) is 3.64. The molecule has 110 valence electrons. The molecule has 1 amide bonds. The SMILES string of the molecule is O=C(OCn1ncc2ccccc21)N1C=Cc2ncsc2C1. The van der Waals surface area contributed by atoms with Gasteiger partial charge in [-0.25, -0.2) is 14.5 Å². The van der Waals surface area contributed by atoms with E-state index in [1.807, 2.05) is 30.3 Å². The molecule has 22 heavy (non-hydrogen) atoms. The van der Waals surface area contributed by atoms with Gasteiger partial charge in [0, 0.05) is 11.6 Å². The number of para-hydroxylation sites is 1. The number of carbonyl (C=O) groups is 1. The molecule has 6 nitrogen and oxygen atoms in total. The van der Waals surface area contributed by atoms with Gasteiger partial charge in [0.15, 0.2) is 6.73 Å². The van der Waals surface area contributed by atoms with Crippen molar-refractivity contribution in [3.63, 3.8) is 0 Å². The Bertz CT molecular complexity index is 867. The Morgan fingerprint density at radius 2 is 2.27 bits per heavy atom. The van der Waals surface area contributed by atoms with Crippen molar-refractivity contribution < 1.29 is 9.53 Å². The topological polar surface area (TPSA) is 60.3 Å². The Labute approximate surface area is 130 Å². The zero-order valence-corrected chi connectivity index (χ0v) is 12.4. The maximum Gasteiger partial charge on any atom is 0.415 e. The first-order valence-corrected chi connectivity index (χ1v) is 7.64. The van der Waals surface area contributed by atoms with Gasteiger partial charge in [0.1, 0.15) is 0 Å². The maximum absolute atomic E-state index is 12.2. The molecule has 1 aliphatic rings. The molecule has 1 aromatic carbocycles. The van der Waals surface area contributed by atoms with Gasteiger partial charge < -0.3 is 4.74 Å². The van der Waals surface area contributed by atoms with Crippen LogP contribution in [0.3, 0.4) is 0 Å². The first kappa shape index (κ1) is 13.0. The summed E-state index contributed by atoms with van der Waals surface area (Å²) in [5.74, 6) is 0. The van der Waals surface area contributed by atoms with Crippen molar-refractivity contribution in [2.45, 2.75) is 13.3 Å². The number of carbonyl (C=O) groups excluding carboxylic acids is 1. The molecular formula is C15H12N4O2S. The number of nitrogens with zero attached hydrogens (tertiary/aromatic N) is 4. The number of thiazole rings is 1. The lowest BCUT2D eigenvalue weighted by atomic mass is 10.3. The van der Waals surface area contributed by atoms with Crippen LogP contribution in [0.2, 0.25) is 0 Å². The van der Waals surface area contributed by atoms with E-state index in [9.17, 15) is 4.79 Å². The van der Waals surface area contributed by atoms with Crippen LogP contribution in [-0.2, 0) is 18.0 Å². The highest BCUT2D eigenvalue weighted by molar-refractivity contribution is 7.09. The minimum atomic E-state index is -0.394. The molecule has 1 aliphatic heterocycles. The average Bonchev–Trinajstić information content (AvgIpc) is 3.18. The number of aromatic nitrogens is 3. The summed E-state index contributed by atoms with van der Waals surface area (Å²) >= 11 is 1.53. The van der Waals surface area contributed by atoms with Crippen LogP contribution in [0.25, 0.3) is 17.0 Å². The second-order valence-electron chi connectivity index (χ2n) is 4.85. The minimum absolute atomic E-state index is 0.0895. The highest BCUT2D eigenvalue weighted by Crippen LogP contribution is 2.22. The molecule has 3 aromatic rings. The lowest BCUT2D eigenvalue weighted by Crippen LogP contribution is -2.28. The van der Waals surface area contributed by atoms with Gasteiger partial charge in [-0.3, -0.25) is 4.90 Å². The minimum Gasteiger partial charge on any atom is -0.426 e. The van der Waals surface area contributed by atoms with Gasteiger partial charge in [0.05, 0.1) is 34.3 Å². The fraction of sp³-hybridized carbons (Fsp3) is 0.133. The summed E-state index contributed by atoms with van der Waals surface area (Å²) in [6.07, 6.45) is 4.88. The average molecular weight is 312 g/mol. The Morgan fingerprint density at radius 3 is 3.23 bits per heavy atom. The van der Waals surface area contributed by atoms with E-state index in [-0.39, 0.29) is 6.73 Å². The largest absolute Gasteiger partial charge is 0.426 e. The Hall–Kier alpha value is -2.67. The monoisotopic (exact) mass is 312 g/mol. The van der Waals surface area contributed by atoms with E-state index in [1.54, 1.807) is 22.6 Å². The third-order valence-corrected chi connectivity index (χ3v) is 4.33. The molecule has 7 heteroatoms. The first-order chi connectivity index (χ1) is 10.8. The quantitative estimate of drug-likeness (QED) is 0.729. The van der Waals surface area contributed by atoms with E-state index < -0.39 is 6.09 Å². The first-order valence-electron chi connectivity index (χ1n) is 6.76. The molecule has 0 saturated carbocycles. The zero-order chi connectivity index (χ0) is 14.9. The third-order valence-electron chi connectivity index (χ3n) is 3.49. The third kappa shape index (κ3) is 2.25. The van der Waals surface area contributed by atoms with Crippen LogP contribution in [0.5, 0.6) is 0 Å². The molecule has 0 atom stereocenters. The van der Waals surface area contributed by atoms with Crippen molar-refractivity contribution in [1.29, 1.82) is 0 Å². The van der Waals surface area contributed by atoms with Gasteiger partial charge in [-0.2, -0.15) is 5.10 Å². The summed E-state index contributed by atoms with van der Waals surface area (Å²) in [7, 11) is 0. The van der Waals surface area contributed by atoms with E-state index in [2.05, 4.69) is 10.1 Å². The summed E-state index contributed by atoms with van der Waals surface area (Å²) < 4.78 is 7.01. The van der Waals surface area contributed by atoms with E-state index in [1.165, 1.54) is 16.2 Å². The number of amides is 1. The van der Waals surface area contributed by atoms with Gasteiger partial charge in [-0.15, -0.1) is 11.3 Å². The highest BCUT2D eigenvalue weighted by Gasteiger charge is 2.19. The van der Waals surface area contributed by atoms with Gasteiger partial charge in [0.2, 0.25) is 0 Å². The van der Waals surface area contributed by atoms with Crippen molar-refractivity contribution in [2.24, 2.45) is 0 Å². The molecule has 3 heterocycles. The van der Waals surface area contributed by atoms with Crippen LogP contribution < -0.4 is 0 Å². The molecule has 0 spiro atoms. The molecule has 0 fully saturated rings. The summed E-state index contributed by atoms with van der Waals surface area (Å²) in [6.45, 7) is 0.585. The molecule has 0 bridgehead atoms. The van der Waals surface area contributed by atoms with Crippen LogP contribution in [0.15, 0.2) is 42.2 Å². The summed E-state index contributed by atoms with van der Waals surface area (Å²) in [5, 5.41) is 5.25. The Balaban J connectivity index is 1.45. The summed E-state index contributed by atoms with van der Waals surface area (Å²) in [4.78, 5) is 19.0. The number of fused-ring (bicyclic) bond motifs is 2. The van der Waals surface area contributed by atoms with Crippen molar-refractivity contribution in [3.05, 3.63) is 52.7 Å². The number of hydrogen-bond acceptors (Lipinski definition) is 5. The second kappa shape index (κ2) is 5.27. The number of hydrogen-bond donors (Lipinski definition) is 0. The van der Waals surface area contributed by atoms with Gasteiger partial charge in [-0.1, -0.05) is 18.2 Å². The van der Waals surface area contributed by atoms with Gasteiger partial charge in [0.25, 0.3) is 0 Å². The lowest BCUT2D eigenvalue weighted by molar-refractivity contribution is 0.0833. The standard InChI is InChI=1S/C15H12N4O2S/c20-15(18-6-5-12-14(8-18)22-9-16-12)21-10-19-13-4-2-1-3-11(13)7-17-19/h1-7,9H,8,10H2. The smallest absolute Gasteiger partial charge is 0.415 e. The molecule has 2 aromatic heterocycles. The second-order valence-corrected chi connectivity index (χ2v) is 5.79. The predicted molar refractivity (Wildman–Crippen MR) is 82.9 cm³/mol. The lowest BCUT2D eigenvalue weighted by Gasteiger charge is -2.20. The van der Waals surface area contributed by atoms with Crippen LogP contribution in [0.1, 0.15) is 10.6 Å². The van der Waals surface area contributed by atoms with Gasteiger partial charge >= 0.3 is 6.09 Å².